The Morgan fingerprint density at radius 3 is 2.03 bits per heavy atom. The molecule has 0 N–H and O–H groups in total. The number of hydrogen-bond donors (Lipinski definition) is 0. The highest BCUT2D eigenvalue weighted by atomic mass is 19.2. The van der Waals surface area contributed by atoms with Gasteiger partial charge in [0, 0.05) is 5.56 Å². The van der Waals surface area contributed by atoms with Crippen LogP contribution in [-0.4, -0.2) is 0 Å². The minimum absolute atomic E-state index is 0.500. The predicted octanol–water partition coefficient (Wildman–Crippen LogP) is 10.5. The number of aryl methyl sites for hydroxylation is 1. The molecule has 35 heavy (non-hydrogen) atoms. The monoisotopic (exact) mass is 482 g/mol. The zero-order valence-corrected chi connectivity index (χ0v) is 22.3. The Morgan fingerprint density at radius 1 is 0.771 bits per heavy atom. The van der Waals surface area contributed by atoms with E-state index in [1.807, 2.05) is 13.0 Å². The van der Waals surface area contributed by atoms with Gasteiger partial charge < -0.3 is 0 Å². The minimum atomic E-state index is -0.632. The molecule has 2 fully saturated rings. The summed E-state index contributed by atoms with van der Waals surface area (Å²) < 4.78 is 29.2. The van der Waals surface area contributed by atoms with E-state index in [0.29, 0.717) is 17.5 Å². The largest absolute Gasteiger partial charge is 0.203 e. The fourth-order valence-corrected chi connectivity index (χ4v) is 7.33. The van der Waals surface area contributed by atoms with Crippen molar-refractivity contribution in [1.29, 1.82) is 0 Å². The lowest BCUT2D eigenvalue weighted by molar-refractivity contribution is 0.128. The molecule has 0 heterocycles. The Balaban J connectivity index is 1.23. The summed E-state index contributed by atoms with van der Waals surface area (Å²) >= 11 is 0. The van der Waals surface area contributed by atoms with Gasteiger partial charge in [0.05, 0.1) is 0 Å². The van der Waals surface area contributed by atoms with Crippen molar-refractivity contribution in [3.05, 3.63) is 53.1 Å². The first-order valence-electron chi connectivity index (χ1n) is 14.9. The van der Waals surface area contributed by atoms with Gasteiger partial charge in [-0.25, -0.2) is 8.78 Å². The Morgan fingerprint density at radius 2 is 1.43 bits per heavy atom. The van der Waals surface area contributed by atoms with Crippen molar-refractivity contribution < 1.29 is 8.78 Å². The molecule has 1 aromatic carbocycles. The first-order valence-corrected chi connectivity index (χ1v) is 14.9. The molecule has 0 spiro atoms. The van der Waals surface area contributed by atoms with Crippen LogP contribution >= 0.6 is 0 Å². The predicted molar refractivity (Wildman–Crippen MR) is 145 cm³/mol. The van der Waals surface area contributed by atoms with Gasteiger partial charge in [0.1, 0.15) is 0 Å². The molecule has 1 atom stereocenters. The van der Waals surface area contributed by atoms with Crippen molar-refractivity contribution in [1.82, 2.24) is 0 Å². The maximum atomic E-state index is 14.7. The van der Waals surface area contributed by atoms with Crippen LogP contribution < -0.4 is 0 Å². The first kappa shape index (κ1) is 26.6. The van der Waals surface area contributed by atoms with E-state index < -0.39 is 11.6 Å². The van der Waals surface area contributed by atoms with Crippen LogP contribution in [0.5, 0.6) is 0 Å². The standard InChI is InChI=1S/C33H48F2/c1-3-5-6-7-9-24-10-12-25(13-11-24)26-14-16-27(17-15-26)28-18-20-29(21-19-28)31-23-22-30(8-4-2)32(34)33(31)35/h7,9,20,22-28H,3-6,8,10-19,21H2,1-2H3/b9-7+. The van der Waals surface area contributed by atoms with Gasteiger partial charge in [0.25, 0.3) is 0 Å². The van der Waals surface area contributed by atoms with E-state index in [9.17, 15) is 8.78 Å². The minimum Gasteiger partial charge on any atom is -0.203 e. The fraction of sp³-hybridized carbons (Fsp3) is 0.697. The van der Waals surface area contributed by atoms with E-state index in [-0.39, 0.29) is 0 Å². The molecule has 3 aliphatic carbocycles. The van der Waals surface area contributed by atoms with E-state index in [0.717, 1.165) is 60.8 Å². The highest BCUT2D eigenvalue weighted by Gasteiger charge is 2.33. The van der Waals surface area contributed by atoms with Crippen molar-refractivity contribution in [2.75, 3.05) is 0 Å². The highest BCUT2D eigenvalue weighted by Crippen LogP contribution is 2.46. The molecule has 1 unspecified atom stereocenters. The van der Waals surface area contributed by atoms with E-state index in [1.54, 1.807) is 6.07 Å². The number of allylic oxidation sites excluding steroid dienone is 4. The van der Waals surface area contributed by atoms with Crippen molar-refractivity contribution >= 4 is 5.57 Å². The third-order valence-electron chi connectivity index (χ3n) is 9.58. The van der Waals surface area contributed by atoms with Crippen molar-refractivity contribution in [3.8, 4) is 0 Å². The Hall–Kier alpha value is -1.44. The topological polar surface area (TPSA) is 0 Å². The molecule has 0 saturated heterocycles. The fourth-order valence-electron chi connectivity index (χ4n) is 7.33. The maximum absolute atomic E-state index is 14.7. The normalized spacial score (nSPS) is 29.9. The lowest BCUT2D eigenvalue weighted by Gasteiger charge is -2.40. The second kappa shape index (κ2) is 13.2. The molecule has 0 nitrogen and oxygen atoms in total. The number of hydrogen-bond acceptors (Lipinski definition) is 0. The molecular formula is C33H48F2. The molecule has 4 rings (SSSR count). The van der Waals surface area contributed by atoms with Gasteiger partial charge in [-0.2, -0.15) is 0 Å². The van der Waals surface area contributed by atoms with Crippen molar-refractivity contribution in [2.45, 2.75) is 117 Å². The van der Waals surface area contributed by atoms with E-state index in [1.165, 1.54) is 70.6 Å². The van der Waals surface area contributed by atoms with Crippen LogP contribution in [0.1, 0.15) is 121 Å². The highest BCUT2D eigenvalue weighted by molar-refractivity contribution is 5.67. The summed E-state index contributed by atoms with van der Waals surface area (Å²) in [4.78, 5) is 0. The van der Waals surface area contributed by atoms with Gasteiger partial charge >= 0.3 is 0 Å². The van der Waals surface area contributed by atoms with Gasteiger partial charge in [-0.3, -0.25) is 0 Å². The summed E-state index contributed by atoms with van der Waals surface area (Å²) in [6.07, 6.45) is 26.8. The molecule has 0 bridgehead atoms. The van der Waals surface area contributed by atoms with Crippen LogP contribution in [0.25, 0.3) is 5.57 Å². The first-order chi connectivity index (χ1) is 17.1. The maximum Gasteiger partial charge on any atom is 0.166 e. The number of rotatable bonds is 9. The zero-order chi connectivity index (χ0) is 24.6. The Labute approximate surface area is 213 Å². The van der Waals surface area contributed by atoms with Gasteiger partial charge in [-0.15, -0.1) is 0 Å². The molecule has 3 aliphatic rings. The molecule has 0 radical (unpaired) electrons. The average molecular weight is 483 g/mol. The Kier molecular flexibility index (Phi) is 10.0. The third-order valence-corrected chi connectivity index (χ3v) is 9.58. The van der Waals surface area contributed by atoms with Crippen LogP contribution in [0.4, 0.5) is 8.78 Å². The van der Waals surface area contributed by atoms with E-state index in [2.05, 4.69) is 25.2 Å². The summed E-state index contributed by atoms with van der Waals surface area (Å²) in [6.45, 7) is 4.27. The average Bonchev–Trinajstić information content (AvgIpc) is 2.90. The summed E-state index contributed by atoms with van der Waals surface area (Å²) in [5, 5.41) is 0. The van der Waals surface area contributed by atoms with Gasteiger partial charge in [0.2, 0.25) is 0 Å². The summed E-state index contributed by atoms with van der Waals surface area (Å²) in [6, 6.07) is 3.61. The second-order valence-electron chi connectivity index (χ2n) is 11.8. The molecule has 2 heteroatoms. The lowest BCUT2D eigenvalue weighted by Crippen LogP contribution is -2.28. The SMILES string of the molecule is CCCC/C=C/C1CCC(C2CCC(C3CC=C(c4ccc(CCC)c(F)c4F)CC3)CC2)CC1. The number of benzene rings is 1. The summed E-state index contributed by atoms with van der Waals surface area (Å²) in [5.41, 5.74) is 2.03. The third kappa shape index (κ3) is 6.86. The lowest BCUT2D eigenvalue weighted by atomic mass is 9.66. The second-order valence-corrected chi connectivity index (χ2v) is 11.8. The molecular weight excluding hydrogens is 434 g/mol. The van der Waals surface area contributed by atoms with Crippen LogP contribution in [0.2, 0.25) is 0 Å². The zero-order valence-electron chi connectivity index (χ0n) is 22.3. The summed E-state index contributed by atoms with van der Waals surface area (Å²) in [7, 11) is 0. The number of halogens is 2. The van der Waals surface area contributed by atoms with Crippen LogP contribution in [0, 0.1) is 41.2 Å². The molecule has 0 aromatic heterocycles. The van der Waals surface area contributed by atoms with E-state index >= 15 is 0 Å². The smallest absolute Gasteiger partial charge is 0.166 e. The van der Waals surface area contributed by atoms with Crippen LogP contribution in [0.15, 0.2) is 30.4 Å². The van der Waals surface area contributed by atoms with Gasteiger partial charge in [0.15, 0.2) is 11.6 Å². The quantitative estimate of drug-likeness (QED) is 0.242. The van der Waals surface area contributed by atoms with Crippen molar-refractivity contribution in [3.63, 3.8) is 0 Å². The van der Waals surface area contributed by atoms with Crippen LogP contribution in [0.3, 0.4) is 0 Å². The van der Waals surface area contributed by atoms with Gasteiger partial charge in [-0.1, -0.05) is 63.5 Å². The van der Waals surface area contributed by atoms with E-state index in [4.69, 9.17) is 0 Å². The Bertz CT molecular complexity index is 850. The molecule has 194 valence electrons. The molecule has 1 aromatic rings. The summed E-state index contributed by atoms with van der Waals surface area (Å²) in [5.74, 6) is 3.04. The molecule has 0 aliphatic heterocycles. The number of unbranched alkanes of at least 4 members (excludes halogenated alkanes) is 2. The van der Waals surface area contributed by atoms with Crippen LogP contribution in [-0.2, 0) is 6.42 Å². The molecule has 0 amide bonds. The van der Waals surface area contributed by atoms with Gasteiger partial charge in [-0.05, 0) is 124 Å². The van der Waals surface area contributed by atoms with Crippen molar-refractivity contribution in [2.24, 2.45) is 29.6 Å². The molecule has 2 saturated carbocycles.